The third-order valence-corrected chi connectivity index (χ3v) is 5.01. The third-order valence-electron chi connectivity index (χ3n) is 5.01. The Bertz CT molecular complexity index is 801. The number of likely N-dealkylation sites (tertiary alicyclic amines) is 1. The average Bonchev–Trinajstić information content (AvgIpc) is 3.23. The lowest BCUT2D eigenvalue weighted by Crippen LogP contribution is -2.57. The van der Waals surface area contributed by atoms with Gasteiger partial charge in [0.2, 0.25) is 5.91 Å². The minimum absolute atomic E-state index is 0. The second-order valence-corrected chi connectivity index (χ2v) is 6.68. The summed E-state index contributed by atoms with van der Waals surface area (Å²) in [5, 5.41) is 3.10. The van der Waals surface area contributed by atoms with E-state index in [1.54, 1.807) is 41.6 Å². The number of hydrogen-bond acceptors (Lipinski definition) is 5. The maximum atomic E-state index is 13.0. The Labute approximate surface area is 176 Å². The molecule has 1 unspecified atom stereocenters. The number of imidazole rings is 1. The first-order valence-electron chi connectivity index (χ1n) is 8.96. The molecule has 2 aromatic rings. The molecule has 0 aromatic carbocycles. The number of piperidine rings is 1. The maximum Gasteiger partial charge on any atom is 0.254 e. The van der Waals surface area contributed by atoms with Crippen LogP contribution in [-0.4, -0.2) is 74.9 Å². The van der Waals surface area contributed by atoms with Crippen LogP contribution in [0.3, 0.4) is 0 Å². The van der Waals surface area contributed by atoms with Gasteiger partial charge in [-0.15, -0.1) is 24.8 Å². The van der Waals surface area contributed by atoms with Crippen LogP contribution in [0.5, 0.6) is 0 Å². The second-order valence-electron chi connectivity index (χ2n) is 6.68. The fourth-order valence-corrected chi connectivity index (χ4v) is 3.67. The average molecular weight is 427 g/mol. The highest BCUT2D eigenvalue weighted by Crippen LogP contribution is 2.19. The van der Waals surface area contributed by atoms with Crippen LogP contribution in [0.1, 0.15) is 23.2 Å². The van der Waals surface area contributed by atoms with Crippen LogP contribution >= 0.6 is 24.8 Å². The zero-order chi connectivity index (χ0) is 17.9. The van der Waals surface area contributed by atoms with Gasteiger partial charge in [-0.2, -0.15) is 0 Å². The maximum absolute atomic E-state index is 13.0. The molecule has 4 rings (SSSR count). The summed E-state index contributed by atoms with van der Waals surface area (Å²) in [6, 6.07) is 3.63. The van der Waals surface area contributed by atoms with E-state index in [1.165, 1.54) is 0 Å². The molecule has 4 heterocycles. The van der Waals surface area contributed by atoms with E-state index < -0.39 is 0 Å². The molecule has 0 aliphatic carbocycles. The molecule has 2 aromatic heterocycles. The smallest absolute Gasteiger partial charge is 0.254 e. The molecule has 2 aliphatic heterocycles. The summed E-state index contributed by atoms with van der Waals surface area (Å²) >= 11 is 0. The van der Waals surface area contributed by atoms with E-state index in [2.05, 4.69) is 15.3 Å². The molecule has 0 saturated carbocycles. The number of nitrogens with one attached hydrogen (secondary N) is 1. The first kappa shape index (κ1) is 22.1. The number of piperazine rings is 1. The van der Waals surface area contributed by atoms with E-state index >= 15 is 0 Å². The standard InChI is InChI=1S/C18H22N6O2.2ClH/c25-17-11-19-6-9-24(17)15-2-1-7-22(12-15)18(26)14-3-4-21-16(10-14)23-8-5-20-13-23;;/h3-5,8,10,13,15,19H,1-2,6-7,9,11-12H2;2*1H. The van der Waals surface area contributed by atoms with Gasteiger partial charge in [0.25, 0.3) is 5.91 Å². The van der Waals surface area contributed by atoms with Gasteiger partial charge < -0.3 is 15.1 Å². The van der Waals surface area contributed by atoms with Crippen LogP contribution in [-0.2, 0) is 4.79 Å². The predicted octanol–water partition coefficient (Wildman–Crippen LogP) is 1.15. The third kappa shape index (κ3) is 4.63. The SMILES string of the molecule is Cl.Cl.O=C(c1ccnc(-n2ccnc2)c1)N1CCCC(N2CCNCC2=O)C1. The monoisotopic (exact) mass is 426 g/mol. The molecule has 2 saturated heterocycles. The van der Waals surface area contributed by atoms with Crippen LogP contribution < -0.4 is 5.32 Å². The normalized spacial score (nSPS) is 19.6. The number of rotatable bonds is 3. The number of carbonyl (C=O) groups excluding carboxylic acids is 2. The number of nitrogens with zero attached hydrogens (tertiary/aromatic N) is 5. The van der Waals surface area contributed by atoms with Crippen molar-refractivity contribution in [3.05, 3.63) is 42.6 Å². The van der Waals surface area contributed by atoms with Gasteiger partial charge in [0, 0.05) is 56.4 Å². The second kappa shape index (κ2) is 9.86. The van der Waals surface area contributed by atoms with E-state index in [1.807, 2.05) is 9.80 Å². The van der Waals surface area contributed by atoms with Crippen molar-refractivity contribution in [2.75, 3.05) is 32.7 Å². The number of aromatic nitrogens is 3. The van der Waals surface area contributed by atoms with E-state index in [0.717, 1.165) is 25.9 Å². The minimum Gasteiger partial charge on any atom is -0.337 e. The Morgan fingerprint density at radius 1 is 1.21 bits per heavy atom. The van der Waals surface area contributed by atoms with Gasteiger partial charge in [-0.25, -0.2) is 9.97 Å². The lowest BCUT2D eigenvalue weighted by Gasteiger charge is -2.41. The molecular formula is C18H24Cl2N6O2. The van der Waals surface area contributed by atoms with Crippen molar-refractivity contribution >= 4 is 36.6 Å². The Balaban J connectivity index is 0.00000140. The zero-order valence-corrected chi connectivity index (χ0v) is 17.0. The number of pyridine rings is 1. The van der Waals surface area contributed by atoms with Gasteiger partial charge in [-0.1, -0.05) is 0 Å². The van der Waals surface area contributed by atoms with Crippen molar-refractivity contribution in [1.29, 1.82) is 0 Å². The molecule has 1 atom stereocenters. The highest BCUT2D eigenvalue weighted by atomic mass is 35.5. The van der Waals surface area contributed by atoms with Gasteiger partial charge in [0.05, 0.1) is 6.54 Å². The summed E-state index contributed by atoms with van der Waals surface area (Å²) in [5.41, 5.74) is 0.607. The van der Waals surface area contributed by atoms with Gasteiger partial charge in [-0.3, -0.25) is 14.2 Å². The first-order valence-corrected chi connectivity index (χ1v) is 8.96. The van der Waals surface area contributed by atoms with Gasteiger partial charge in [0.1, 0.15) is 12.1 Å². The van der Waals surface area contributed by atoms with Gasteiger partial charge in [0.15, 0.2) is 0 Å². The van der Waals surface area contributed by atoms with Crippen molar-refractivity contribution in [1.82, 2.24) is 29.7 Å². The topological polar surface area (TPSA) is 83.4 Å². The summed E-state index contributed by atoms with van der Waals surface area (Å²) in [7, 11) is 0. The summed E-state index contributed by atoms with van der Waals surface area (Å²) in [5.74, 6) is 0.780. The number of hydrogen-bond donors (Lipinski definition) is 1. The molecule has 0 radical (unpaired) electrons. The molecular weight excluding hydrogens is 403 g/mol. The summed E-state index contributed by atoms with van der Waals surface area (Å²) < 4.78 is 1.77. The molecule has 1 N–H and O–H groups in total. The molecule has 10 heteroatoms. The van der Waals surface area contributed by atoms with Gasteiger partial charge >= 0.3 is 0 Å². The van der Waals surface area contributed by atoms with Crippen LogP contribution in [0, 0.1) is 0 Å². The summed E-state index contributed by atoms with van der Waals surface area (Å²) in [4.78, 5) is 37.3. The lowest BCUT2D eigenvalue weighted by atomic mass is 10.0. The van der Waals surface area contributed by atoms with E-state index in [-0.39, 0.29) is 42.7 Å². The summed E-state index contributed by atoms with van der Waals surface area (Å²) in [6.45, 7) is 3.23. The van der Waals surface area contributed by atoms with E-state index in [9.17, 15) is 9.59 Å². The zero-order valence-electron chi connectivity index (χ0n) is 15.4. The number of halogens is 2. The van der Waals surface area contributed by atoms with Crippen molar-refractivity contribution in [2.24, 2.45) is 0 Å². The molecule has 28 heavy (non-hydrogen) atoms. The molecule has 152 valence electrons. The minimum atomic E-state index is -0.0129. The van der Waals surface area contributed by atoms with Crippen LogP contribution in [0.25, 0.3) is 5.82 Å². The van der Waals surface area contributed by atoms with Crippen molar-refractivity contribution in [3.63, 3.8) is 0 Å². The van der Waals surface area contributed by atoms with Crippen molar-refractivity contribution < 1.29 is 9.59 Å². The molecule has 8 nitrogen and oxygen atoms in total. The molecule has 2 aliphatic rings. The Morgan fingerprint density at radius 2 is 2.07 bits per heavy atom. The van der Waals surface area contributed by atoms with Crippen LogP contribution in [0.2, 0.25) is 0 Å². The van der Waals surface area contributed by atoms with Crippen molar-refractivity contribution in [2.45, 2.75) is 18.9 Å². The Morgan fingerprint density at radius 3 is 2.82 bits per heavy atom. The van der Waals surface area contributed by atoms with Crippen LogP contribution in [0.4, 0.5) is 0 Å². The molecule has 0 bridgehead atoms. The van der Waals surface area contributed by atoms with E-state index in [4.69, 9.17) is 0 Å². The predicted molar refractivity (Wildman–Crippen MR) is 109 cm³/mol. The fraction of sp³-hybridized carbons (Fsp3) is 0.444. The molecule has 2 fully saturated rings. The largest absolute Gasteiger partial charge is 0.337 e. The molecule has 2 amide bonds. The molecule has 0 spiro atoms. The number of amides is 2. The lowest BCUT2D eigenvalue weighted by molar-refractivity contribution is -0.135. The highest BCUT2D eigenvalue weighted by Gasteiger charge is 2.32. The Hall–Kier alpha value is -2.16. The Kier molecular flexibility index (Phi) is 7.79. The highest BCUT2D eigenvalue weighted by molar-refractivity contribution is 5.94. The fourth-order valence-electron chi connectivity index (χ4n) is 3.67. The first-order chi connectivity index (χ1) is 12.7. The van der Waals surface area contributed by atoms with Crippen LogP contribution in [0.15, 0.2) is 37.1 Å². The van der Waals surface area contributed by atoms with E-state index in [0.29, 0.717) is 31.0 Å². The number of carbonyl (C=O) groups is 2. The van der Waals surface area contributed by atoms with Gasteiger partial charge in [-0.05, 0) is 25.0 Å². The quantitative estimate of drug-likeness (QED) is 0.795. The summed E-state index contributed by atoms with van der Waals surface area (Å²) in [6.07, 6.45) is 8.63. The van der Waals surface area contributed by atoms with Crippen molar-refractivity contribution in [3.8, 4) is 5.82 Å².